The third-order valence-electron chi connectivity index (χ3n) is 3.03. The van der Waals surface area contributed by atoms with Crippen LogP contribution < -0.4 is 0 Å². The molecule has 0 saturated heterocycles. The van der Waals surface area contributed by atoms with Crippen molar-refractivity contribution in [1.29, 1.82) is 0 Å². The highest BCUT2D eigenvalue weighted by Crippen LogP contribution is 2.10. The third kappa shape index (κ3) is 10.4. The van der Waals surface area contributed by atoms with E-state index in [1.807, 2.05) is 0 Å². The Morgan fingerprint density at radius 2 is 1.25 bits per heavy atom. The molecule has 0 saturated carbocycles. The van der Waals surface area contributed by atoms with Crippen LogP contribution in [0.3, 0.4) is 0 Å². The molecule has 0 aliphatic heterocycles. The minimum Gasteiger partial charge on any atom is -0.204 e. The van der Waals surface area contributed by atoms with Crippen molar-refractivity contribution in [3.05, 3.63) is 0 Å². The Bertz CT molecular complexity index is 146. The van der Waals surface area contributed by atoms with Gasteiger partial charge in [0.1, 0.15) is 13.2 Å². The number of hydrogen-bond donors (Lipinski definition) is 0. The van der Waals surface area contributed by atoms with Crippen LogP contribution >= 0.6 is 0 Å². The number of nitrogens with zero attached hydrogens (tertiary/aromatic N) is 1. The maximum Gasteiger partial charge on any atom is 0.108 e. The van der Waals surface area contributed by atoms with Crippen LogP contribution in [0.15, 0.2) is 0 Å². The Balaban J connectivity index is 3.20. The van der Waals surface area contributed by atoms with Gasteiger partial charge in [-0.05, 0) is 19.8 Å². The van der Waals surface area contributed by atoms with Crippen LogP contribution in [0.25, 0.3) is 0 Å². The molecule has 0 aromatic rings. The van der Waals surface area contributed by atoms with E-state index >= 15 is 0 Å². The summed E-state index contributed by atoms with van der Waals surface area (Å²) in [5.41, 5.74) is 0. The van der Waals surface area contributed by atoms with Crippen molar-refractivity contribution in [3.8, 4) is 0 Å². The fourth-order valence-corrected chi connectivity index (χ4v) is 2.04. The van der Waals surface area contributed by atoms with E-state index in [4.69, 9.17) is 4.84 Å². The monoisotopic (exact) mass is 230 g/mol. The van der Waals surface area contributed by atoms with Gasteiger partial charge in [0, 0.05) is 0 Å². The first kappa shape index (κ1) is 15.9. The molecule has 0 rings (SSSR count). The Morgan fingerprint density at radius 3 is 1.75 bits per heavy atom. The second-order valence-electron chi connectivity index (χ2n) is 5.19. The molecule has 0 aromatic carbocycles. The zero-order valence-electron chi connectivity index (χ0n) is 11.9. The van der Waals surface area contributed by atoms with E-state index < -0.39 is 0 Å². The summed E-state index contributed by atoms with van der Waals surface area (Å²) in [7, 11) is 4.29. The SMILES string of the molecule is CCCCCCCCCC[N+](C)(C)OCC. The predicted octanol–water partition coefficient (Wildman–Crippen LogP) is 4.16. The fourth-order valence-electron chi connectivity index (χ4n) is 2.04. The van der Waals surface area contributed by atoms with E-state index in [1.54, 1.807) is 0 Å². The van der Waals surface area contributed by atoms with Gasteiger partial charge in [0.05, 0.1) is 14.1 Å². The summed E-state index contributed by atoms with van der Waals surface area (Å²) in [6.45, 7) is 6.29. The number of quaternary nitrogens is 1. The molecule has 0 spiro atoms. The van der Waals surface area contributed by atoms with Gasteiger partial charge >= 0.3 is 0 Å². The summed E-state index contributed by atoms with van der Waals surface area (Å²) >= 11 is 0. The van der Waals surface area contributed by atoms with Crippen LogP contribution in [0, 0.1) is 0 Å². The molecular weight excluding hydrogens is 198 g/mol. The molecule has 0 unspecified atom stereocenters. The molecule has 16 heavy (non-hydrogen) atoms. The van der Waals surface area contributed by atoms with Crippen molar-refractivity contribution >= 4 is 0 Å². The van der Waals surface area contributed by atoms with Crippen molar-refractivity contribution in [1.82, 2.24) is 0 Å². The highest BCUT2D eigenvalue weighted by atomic mass is 16.7. The number of hydrogen-bond acceptors (Lipinski definition) is 1. The minimum absolute atomic E-state index is 0.715. The second kappa shape index (κ2) is 10.1. The van der Waals surface area contributed by atoms with Crippen molar-refractivity contribution in [2.75, 3.05) is 27.2 Å². The summed E-state index contributed by atoms with van der Waals surface area (Å²) in [5.74, 6) is 0. The molecule has 0 N–H and O–H groups in total. The zero-order chi connectivity index (χ0) is 12.3. The minimum atomic E-state index is 0.715. The van der Waals surface area contributed by atoms with Gasteiger partial charge in [-0.25, -0.2) is 4.84 Å². The number of rotatable bonds is 11. The Hall–Kier alpha value is -0.0800. The predicted molar refractivity (Wildman–Crippen MR) is 71.2 cm³/mol. The quantitative estimate of drug-likeness (QED) is 0.294. The molecule has 0 heterocycles. The lowest BCUT2D eigenvalue weighted by Crippen LogP contribution is -2.40. The highest BCUT2D eigenvalue weighted by molar-refractivity contribution is 4.45. The Labute approximate surface area is 103 Å². The fraction of sp³-hybridized carbons (Fsp3) is 1.00. The first-order chi connectivity index (χ1) is 7.62. The summed E-state index contributed by atoms with van der Waals surface area (Å²) in [6.07, 6.45) is 11.1. The molecule has 0 aliphatic carbocycles. The molecule has 2 heteroatoms. The van der Waals surface area contributed by atoms with Crippen LogP contribution in [0.4, 0.5) is 0 Å². The largest absolute Gasteiger partial charge is 0.204 e. The van der Waals surface area contributed by atoms with Crippen molar-refractivity contribution in [2.24, 2.45) is 0 Å². The van der Waals surface area contributed by atoms with Gasteiger partial charge in [0.15, 0.2) is 0 Å². The number of hydroxylamine groups is 3. The van der Waals surface area contributed by atoms with Crippen LogP contribution in [0.2, 0.25) is 0 Å². The topological polar surface area (TPSA) is 9.23 Å². The third-order valence-corrected chi connectivity index (χ3v) is 3.03. The number of unbranched alkanes of at least 4 members (excludes halogenated alkanes) is 7. The van der Waals surface area contributed by atoms with Crippen LogP contribution in [-0.4, -0.2) is 31.9 Å². The van der Waals surface area contributed by atoms with Crippen LogP contribution in [0.5, 0.6) is 0 Å². The highest BCUT2D eigenvalue weighted by Gasteiger charge is 2.14. The Morgan fingerprint density at radius 1 is 0.750 bits per heavy atom. The molecule has 0 radical (unpaired) electrons. The van der Waals surface area contributed by atoms with Gasteiger partial charge in [-0.2, -0.15) is 4.65 Å². The van der Waals surface area contributed by atoms with E-state index in [1.165, 1.54) is 51.4 Å². The summed E-state index contributed by atoms with van der Waals surface area (Å²) in [5, 5.41) is 0. The molecule has 0 bridgehead atoms. The van der Waals surface area contributed by atoms with Gasteiger partial charge < -0.3 is 0 Å². The molecule has 2 nitrogen and oxygen atoms in total. The molecule has 0 fully saturated rings. The van der Waals surface area contributed by atoms with E-state index in [0.717, 1.165) is 13.2 Å². The normalized spacial score (nSPS) is 12.0. The van der Waals surface area contributed by atoms with Crippen molar-refractivity contribution in [2.45, 2.75) is 65.2 Å². The van der Waals surface area contributed by atoms with E-state index in [0.29, 0.717) is 4.65 Å². The van der Waals surface area contributed by atoms with E-state index in [2.05, 4.69) is 27.9 Å². The van der Waals surface area contributed by atoms with E-state index in [-0.39, 0.29) is 0 Å². The molecular formula is C14H32NO+. The molecule has 0 atom stereocenters. The van der Waals surface area contributed by atoms with Crippen molar-refractivity contribution < 1.29 is 9.48 Å². The molecule has 98 valence electrons. The van der Waals surface area contributed by atoms with E-state index in [9.17, 15) is 0 Å². The molecule has 0 aliphatic rings. The second-order valence-corrected chi connectivity index (χ2v) is 5.19. The lowest BCUT2D eigenvalue weighted by molar-refractivity contribution is -1.08. The molecule has 0 aromatic heterocycles. The lowest BCUT2D eigenvalue weighted by atomic mass is 10.1. The average molecular weight is 230 g/mol. The van der Waals surface area contributed by atoms with Crippen LogP contribution in [0.1, 0.15) is 65.2 Å². The summed E-state index contributed by atoms with van der Waals surface area (Å²) in [6, 6.07) is 0. The van der Waals surface area contributed by atoms with Gasteiger partial charge in [0.2, 0.25) is 0 Å². The zero-order valence-corrected chi connectivity index (χ0v) is 11.9. The summed E-state index contributed by atoms with van der Waals surface area (Å²) in [4.78, 5) is 5.63. The first-order valence-electron chi connectivity index (χ1n) is 7.10. The smallest absolute Gasteiger partial charge is 0.108 e. The summed E-state index contributed by atoms with van der Waals surface area (Å²) < 4.78 is 0.715. The van der Waals surface area contributed by atoms with Gasteiger partial charge in [0.25, 0.3) is 0 Å². The van der Waals surface area contributed by atoms with Gasteiger partial charge in [-0.15, -0.1) is 0 Å². The van der Waals surface area contributed by atoms with Crippen molar-refractivity contribution in [3.63, 3.8) is 0 Å². The molecule has 0 amide bonds. The van der Waals surface area contributed by atoms with Crippen LogP contribution in [-0.2, 0) is 4.84 Å². The van der Waals surface area contributed by atoms with Gasteiger partial charge in [-0.3, -0.25) is 0 Å². The Kier molecular flexibility index (Phi) is 10.0. The maximum atomic E-state index is 5.63. The maximum absolute atomic E-state index is 5.63. The lowest BCUT2D eigenvalue weighted by Gasteiger charge is -2.26. The average Bonchev–Trinajstić information content (AvgIpc) is 2.22. The first-order valence-corrected chi connectivity index (χ1v) is 7.10. The van der Waals surface area contributed by atoms with Gasteiger partial charge in [-0.1, -0.05) is 45.4 Å². The standard InChI is InChI=1S/C14H32NO/c1-5-7-8-9-10-11-12-13-14-15(3,4)16-6-2/h5-14H2,1-4H3/q+1.